The predicted octanol–water partition coefficient (Wildman–Crippen LogP) is 4.32. The molecule has 0 atom stereocenters. The number of anilines is 1. The Morgan fingerprint density at radius 1 is 1.00 bits per heavy atom. The van der Waals surface area contributed by atoms with Crippen LogP contribution in [0.5, 0.6) is 11.5 Å². The minimum Gasteiger partial charge on any atom is -0.483 e. The van der Waals surface area contributed by atoms with Gasteiger partial charge in [-0.3, -0.25) is 4.79 Å². The van der Waals surface area contributed by atoms with Crippen molar-refractivity contribution in [3.05, 3.63) is 54.1 Å². The van der Waals surface area contributed by atoms with Crippen LogP contribution in [0.1, 0.15) is 5.56 Å². The van der Waals surface area contributed by atoms with E-state index in [4.69, 9.17) is 4.74 Å². The summed E-state index contributed by atoms with van der Waals surface area (Å²) in [7, 11) is 0. The highest BCUT2D eigenvalue weighted by Gasteiger charge is 2.34. The van der Waals surface area contributed by atoms with Crippen LogP contribution in [0.3, 0.4) is 0 Å². The number of hydrogen-bond acceptors (Lipinski definition) is 3. The highest BCUT2D eigenvalue weighted by molar-refractivity contribution is 5.93. The van der Waals surface area contributed by atoms with Crippen molar-refractivity contribution in [2.75, 3.05) is 11.9 Å². The molecule has 1 N–H and O–H groups in total. The van der Waals surface area contributed by atoms with Gasteiger partial charge in [0.05, 0.1) is 11.3 Å². The number of nitrogens with one attached hydrogen (secondary N) is 1. The van der Waals surface area contributed by atoms with E-state index in [2.05, 4.69) is 10.1 Å². The van der Waals surface area contributed by atoms with Crippen molar-refractivity contribution in [2.45, 2.75) is 12.8 Å². The van der Waals surface area contributed by atoms with E-state index in [1.807, 2.05) is 0 Å². The van der Waals surface area contributed by atoms with Crippen LogP contribution in [-0.2, 0) is 11.0 Å². The summed E-state index contributed by atoms with van der Waals surface area (Å²) < 4.78 is 72.2. The molecule has 2 rings (SSSR count). The van der Waals surface area contributed by atoms with E-state index < -0.39 is 36.6 Å². The summed E-state index contributed by atoms with van der Waals surface area (Å²) in [4.78, 5) is 11.8. The summed E-state index contributed by atoms with van der Waals surface area (Å²) in [5.74, 6) is -1.62. The molecule has 0 saturated carbocycles. The molecule has 0 fully saturated rings. The van der Waals surface area contributed by atoms with Gasteiger partial charge in [0.25, 0.3) is 5.91 Å². The van der Waals surface area contributed by atoms with Gasteiger partial charge in [-0.15, -0.1) is 0 Å². The number of para-hydroxylation sites is 3. The highest BCUT2D eigenvalue weighted by Crippen LogP contribution is 2.35. The lowest BCUT2D eigenvalue weighted by Gasteiger charge is -2.14. The van der Waals surface area contributed by atoms with E-state index in [1.54, 1.807) is 0 Å². The molecule has 0 radical (unpaired) electrons. The number of amides is 1. The van der Waals surface area contributed by atoms with Crippen LogP contribution in [0, 0.1) is 0 Å². The van der Waals surface area contributed by atoms with E-state index in [-0.39, 0.29) is 11.4 Å². The first-order valence-corrected chi connectivity index (χ1v) is 6.90. The predicted molar refractivity (Wildman–Crippen MR) is 78.6 cm³/mol. The van der Waals surface area contributed by atoms with E-state index in [0.717, 1.165) is 12.1 Å². The van der Waals surface area contributed by atoms with E-state index in [9.17, 15) is 26.7 Å². The molecule has 134 valence electrons. The van der Waals surface area contributed by atoms with Gasteiger partial charge in [-0.05, 0) is 24.3 Å². The van der Waals surface area contributed by atoms with Gasteiger partial charge >= 0.3 is 12.8 Å². The Hall–Kier alpha value is -2.84. The lowest BCUT2D eigenvalue weighted by atomic mass is 10.2. The number of alkyl halides is 5. The first-order chi connectivity index (χ1) is 11.8. The van der Waals surface area contributed by atoms with Gasteiger partial charge in [-0.25, -0.2) is 0 Å². The topological polar surface area (TPSA) is 47.6 Å². The number of rotatable bonds is 6. The minimum absolute atomic E-state index is 0.0551. The quantitative estimate of drug-likeness (QED) is 0.780. The lowest BCUT2D eigenvalue weighted by Crippen LogP contribution is -2.22. The second-order valence-electron chi connectivity index (χ2n) is 4.71. The SMILES string of the molecule is O=C(COc1ccccc1C(F)(F)F)Nc1ccccc1OC(F)F. The second-order valence-corrected chi connectivity index (χ2v) is 4.71. The fraction of sp³-hybridized carbons (Fsp3) is 0.188. The third kappa shape index (κ3) is 5.33. The van der Waals surface area contributed by atoms with Gasteiger partial charge in [0.1, 0.15) is 11.5 Å². The van der Waals surface area contributed by atoms with Crippen LogP contribution >= 0.6 is 0 Å². The second kappa shape index (κ2) is 7.82. The van der Waals surface area contributed by atoms with Gasteiger partial charge < -0.3 is 14.8 Å². The Labute approximate surface area is 139 Å². The van der Waals surface area contributed by atoms with Gasteiger partial charge in [0.2, 0.25) is 0 Å². The molecule has 0 aliphatic rings. The largest absolute Gasteiger partial charge is 0.483 e. The first-order valence-electron chi connectivity index (χ1n) is 6.90. The molecule has 0 aliphatic heterocycles. The molecule has 0 aromatic heterocycles. The molecule has 0 saturated heterocycles. The average Bonchev–Trinajstić information content (AvgIpc) is 2.54. The monoisotopic (exact) mass is 361 g/mol. The summed E-state index contributed by atoms with van der Waals surface area (Å²) in [6.07, 6.45) is -4.63. The Kier molecular flexibility index (Phi) is 5.79. The molecule has 0 aliphatic carbocycles. The Morgan fingerprint density at radius 2 is 1.60 bits per heavy atom. The van der Waals surface area contributed by atoms with Gasteiger partial charge in [0.15, 0.2) is 6.61 Å². The van der Waals surface area contributed by atoms with E-state index in [1.165, 1.54) is 36.4 Å². The molecule has 0 heterocycles. The zero-order valence-corrected chi connectivity index (χ0v) is 12.5. The zero-order chi connectivity index (χ0) is 18.4. The number of halogens is 5. The van der Waals surface area contributed by atoms with Crippen LogP contribution in [0.2, 0.25) is 0 Å². The summed E-state index contributed by atoms with van der Waals surface area (Å²) in [5.41, 5.74) is -1.08. The zero-order valence-electron chi connectivity index (χ0n) is 12.5. The first kappa shape index (κ1) is 18.5. The van der Waals surface area contributed by atoms with Gasteiger partial charge in [0, 0.05) is 0 Å². The van der Waals surface area contributed by atoms with Crippen molar-refractivity contribution in [1.82, 2.24) is 0 Å². The molecule has 2 aromatic carbocycles. The fourth-order valence-electron chi connectivity index (χ4n) is 1.92. The fourth-order valence-corrected chi connectivity index (χ4v) is 1.92. The van der Waals surface area contributed by atoms with Crippen molar-refractivity contribution in [3.8, 4) is 11.5 Å². The van der Waals surface area contributed by atoms with Crippen LogP contribution in [0.25, 0.3) is 0 Å². The maximum Gasteiger partial charge on any atom is 0.419 e. The third-order valence-electron chi connectivity index (χ3n) is 2.93. The molecule has 4 nitrogen and oxygen atoms in total. The Bertz CT molecular complexity index is 734. The molecule has 2 aromatic rings. The number of hydrogen-bond donors (Lipinski definition) is 1. The van der Waals surface area contributed by atoms with Crippen molar-refractivity contribution in [1.29, 1.82) is 0 Å². The smallest absolute Gasteiger partial charge is 0.419 e. The number of ether oxygens (including phenoxy) is 2. The Morgan fingerprint density at radius 3 is 2.24 bits per heavy atom. The molecule has 9 heteroatoms. The van der Waals surface area contributed by atoms with Crippen molar-refractivity contribution >= 4 is 11.6 Å². The molecule has 25 heavy (non-hydrogen) atoms. The molecule has 0 bridgehead atoms. The van der Waals surface area contributed by atoms with Gasteiger partial charge in [-0.2, -0.15) is 22.0 Å². The lowest BCUT2D eigenvalue weighted by molar-refractivity contribution is -0.139. The van der Waals surface area contributed by atoms with Crippen LogP contribution in [0.4, 0.5) is 27.6 Å². The maximum atomic E-state index is 12.8. The average molecular weight is 361 g/mol. The molecule has 0 spiro atoms. The Balaban J connectivity index is 2.03. The van der Waals surface area contributed by atoms with E-state index in [0.29, 0.717) is 0 Å². The molecular weight excluding hydrogens is 349 g/mol. The molecule has 1 amide bonds. The molecular formula is C16H12F5NO3. The normalized spacial score (nSPS) is 11.3. The summed E-state index contributed by atoms with van der Waals surface area (Å²) in [5, 5.41) is 2.24. The van der Waals surface area contributed by atoms with Crippen molar-refractivity contribution in [2.24, 2.45) is 0 Å². The minimum atomic E-state index is -4.63. The van der Waals surface area contributed by atoms with Crippen LogP contribution < -0.4 is 14.8 Å². The summed E-state index contributed by atoms with van der Waals surface area (Å²) >= 11 is 0. The number of carbonyl (C=O) groups is 1. The highest BCUT2D eigenvalue weighted by atomic mass is 19.4. The summed E-state index contributed by atoms with van der Waals surface area (Å²) in [6, 6.07) is 9.81. The standard InChI is InChI=1S/C16H12F5NO3/c17-15(18)25-13-8-4-2-6-11(13)22-14(23)9-24-12-7-3-1-5-10(12)16(19,20)21/h1-8,15H,9H2,(H,22,23). The third-order valence-corrected chi connectivity index (χ3v) is 2.93. The molecule has 0 unspecified atom stereocenters. The van der Waals surface area contributed by atoms with Crippen molar-refractivity contribution in [3.63, 3.8) is 0 Å². The van der Waals surface area contributed by atoms with Crippen LogP contribution in [-0.4, -0.2) is 19.1 Å². The maximum absolute atomic E-state index is 12.8. The van der Waals surface area contributed by atoms with Crippen molar-refractivity contribution < 1.29 is 36.2 Å². The van der Waals surface area contributed by atoms with Crippen LogP contribution in [0.15, 0.2) is 48.5 Å². The van der Waals surface area contributed by atoms with Gasteiger partial charge in [-0.1, -0.05) is 24.3 Å². The number of benzene rings is 2. The number of carbonyl (C=O) groups excluding carboxylic acids is 1. The summed E-state index contributed by atoms with van der Waals surface area (Å²) in [6.45, 7) is -3.83. The van der Waals surface area contributed by atoms with E-state index >= 15 is 0 Å².